The maximum Gasteiger partial charge on any atom is 0.258 e. The molecule has 0 saturated carbocycles. The largest absolute Gasteiger partial charge is 0.484 e. The van der Waals surface area contributed by atoms with E-state index in [0.29, 0.717) is 23.7 Å². The highest BCUT2D eigenvalue weighted by atomic mass is 16.5. The predicted molar refractivity (Wildman–Crippen MR) is 118 cm³/mol. The summed E-state index contributed by atoms with van der Waals surface area (Å²) in [4.78, 5) is 36.4. The molecule has 0 bridgehead atoms. The molecular weight excluding hydrogens is 398 g/mol. The van der Waals surface area contributed by atoms with Crippen LogP contribution in [0.4, 0.5) is 5.69 Å². The van der Waals surface area contributed by atoms with Gasteiger partial charge in [0.25, 0.3) is 11.8 Å². The first kappa shape index (κ1) is 23.7. The molecule has 0 fully saturated rings. The molecule has 2 rings (SSSR count). The van der Waals surface area contributed by atoms with Gasteiger partial charge in [0.2, 0.25) is 5.91 Å². The minimum absolute atomic E-state index is 0.0773. The average molecular weight is 428 g/mol. The Morgan fingerprint density at radius 1 is 0.839 bits per heavy atom. The molecule has 1 unspecified atom stereocenters. The first-order chi connectivity index (χ1) is 14.9. The molecule has 1 atom stereocenters. The van der Waals surface area contributed by atoms with Gasteiger partial charge < -0.3 is 25.4 Å². The van der Waals surface area contributed by atoms with Gasteiger partial charge in [-0.1, -0.05) is 32.0 Å². The van der Waals surface area contributed by atoms with E-state index < -0.39 is 6.04 Å². The minimum atomic E-state index is -0.722. The van der Waals surface area contributed by atoms with Crippen molar-refractivity contribution in [3.8, 4) is 11.5 Å². The second-order valence-electron chi connectivity index (χ2n) is 7.15. The number of carbonyl (C=O) groups excluding carboxylic acids is 3. The molecule has 2 aromatic rings. The molecule has 0 heterocycles. The number of para-hydroxylation sites is 1. The minimum Gasteiger partial charge on any atom is -0.484 e. The molecule has 0 spiro atoms. The molecule has 31 heavy (non-hydrogen) atoms. The first-order valence-corrected chi connectivity index (χ1v) is 10.2. The number of nitrogens with one attached hydrogen (secondary N) is 3. The Kier molecular flexibility index (Phi) is 9.35. The van der Waals surface area contributed by atoms with Gasteiger partial charge in [0.1, 0.15) is 17.5 Å². The summed E-state index contributed by atoms with van der Waals surface area (Å²) >= 11 is 0. The van der Waals surface area contributed by atoms with Crippen LogP contribution in [0.15, 0.2) is 54.6 Å². The van der Waals surface area contributed by atoms with Gasteiger partial charge in [0, 0.05) is 12.2 Å². The van der Waals surface area contributed by atoms with E-state index in [1.54, 1.807) is 36.4 Å². The smallest absolute Gasteiger partial charge is 0.258 e. The Hall–Kier alpha value is -3.55. The lowest BCUT2D eigenvalue weighted by Gasteiger charge is -2.22. The van der Waals surface area contributed by atoms with Crippen molar-refractivity contribution in [3.63, 3.8) is 0 Å². The van der Waals surface area contributed by atoms with Crippen LogP contribution in [0.1, 0.15) is 20.8 Å². The van der Waals surface area contributed by atoms with E-state index in [2.05, 4.69) is 16.0 Å². The number of hydrogen-bond acceptors (Lipinski definition) is 5. The number of amides is 3. The van der Waals surface area contributed by atoms with Gasteiger partial charge in [-0.05, 0) is 49.2 Å². The van der Waals surface area contributed by atoms with Crippen LogP contribution in [-0.4, -0.2) is 43.5 Å². The standard InChI is InChI=1S/C23H29N3O5/c1-4-24-20(27)14-30-19-12-10-17(11-13-19)25-23(29)22(16(2)3)26-21(28)15-31-18-8-6-5-7-9-18/h5-13,16,22H,4,14-15H2,1-3H3,(H,24,27)(H,25,29)(H,26,28). The summed E-state index contributed by atoms with van der Waals surface area (Å²) in [5.41, 5.74) is 0.552. The molecule has 0 saturated heterocycles. The fourth-order valence-corrected chi connectivity index (χ4v) is 2.67. The Bertz CT molecular complexity index is 853. The molecule has 3 amide bonds. The number of benzene rings is 2. The third kappa shape index (κ3) is 8.38. The molecule has 3 N–H and O–H groups in total. The third-order valence-electron chi connectivity index (χ3n) is 4.24. The molecule has 166 valence electrons. The first-order valence-electron chi connectivity index (χ1n) is 10.2. The fourth-order valence-electron chi connectivity index (χ4n) is 2.67. The van der Waals surface area contributed by atoms with Crippen LogP contribution in [0, 0.1) is 5.92 Å². The van der Waals surface area contributed by atoms with Crippen molar-refractivity contribution < 1.29 is 23.9 Å². The normalized spacial score (nSPS) is 11.4. The topological polar surface area (TPSA) is 106 Å². The molecular formula is C23H29N3O5. The molecule has 0 aliphatic heterocycles. The third-order valence-corrected chi connectivity index (χ3v) is 4.24. The van der Waals surface area contributed by atoms with E-state index in [9.17, 15) is 14.4 Å². The van der Waals surface area contributed by atoms with Crippen molar-refractivity contribution in [2.45, 2.75) is 26.8 Å². The van der Waals surface area contributed by atoms with Gasteiger partial charge in [-0.3, -0.25) is 14.4 Å². The van der Waals surface area contributed by atoms with E-state index >= 15 is 0 Å². The van der Waals surface area contributed by atoms with E-state index in [-0.39, 0.29) is 36.9 Å². The van der Waals surface area contributed by atoms with Crippen molar-refractivity contribution in [1.82, 2.24) is 10.6 Å². The van der Waals surface area contributed by atoms with E-state index in [0.717, 1.165) is 0 Å². The lowest BCUT2D eigenvalue weighted by molar-refractivity contribution is -0.128. The number of likely N-dealkylation sites (N-methyl/N-ethyl adjacent to an activating group) is 1. The molecule has 0 aromatic heterocycles. The summed E-state index contributed by atoms with van der Waals surface area (Å²) in [6.45, 7) is 5.81. The summed E-state index contributed by atoms with van der Waals surface area (Å²) in [7, 11) is 0. The van der Waals surface area contributed by atoms with Crippen molar-refractivity contribution in [2.24, 2.45) is 5.92 Å². The molecule has 2 aromatic carbocycles. The maximum absolute atomic E-state index is 12.7. The van der Waals surface area contributed by atoms with Gasteiger partial charge in [-0.25, -0.2) is 0 Å². The second-order valence-corrected chi connectivity index (χ2v) is 7.15. The van der Waals surface area contributed by atoms with Crippen molar-refractivity contribution in [3.05, 3.63) is 54.6 Å². The number of hydrogen-bond donors (Lipinski definition) is 3. The molecule has 8 heteroatoms. The van der Waals surface area contributed by atoms with E-state index in [1.807, 2.05) is 39.0 Å². The average Bonchev–Trinajstić information content (AvgIpc) is 2.76. The lowest BCUT2D eigenvalue weighted by Crippen LogP contribution is -2.48. The van der Waals surface area contributed by atoms with Crippen LogP contribution in [0.25, 0.3) is 0 Å². The Balaban J connectivity index is 1.86. The summed E-state index contributed by atoms with van der Waals surface area (Å²) in [6, 6.07) is 14.9. The number of rotatable bonds is 11. The SMILES string of the molecule is CCNC(=O)COc1ccc(NC(=O)C(NC(=O)COc2ccccc2)C(C)C)cc1. The van der Waals surface area contributed by atoms with Crippen LogP contribution in [-0.2, 0) is 14.4 Å². The lowest BCUT2D eigenvalue weighted by atomic mass is 10.0. The van der Waals surface area contributed by atoms with E-state index in [4.69, 9.17) is 9.47 Å². The van der Waals surface area contributed by atoms with Crippen LogP contribution in [0.3, 0.4) is 0 Å². The summed E-state index contributed by atoms with van der Waals surface area (Å²) in [5.74, 6) is 0.0477. The zero-order chi connectivity index (χ0) is 22.6. The molecule has 0 aliphatic rings. The highest BCUT2D eigenvalue weighted by molar-refractivity contribution is 5.97. The Morgan fingerprint density at radius 3 is 2.00 bits per heavy atom. The van der Waals surface area contributed by atoms with E-state index in [1.165, 1.54) is 0 Å². The Labute approximate surface area is 182 Å². The zero-order valence-electron chi connectivity index (χ0n) is 18.0. The van der Waals surface area contributed by atoms with Crippen molar-refractivity contribution in [1.29, 1.82) is 0 Å². The summed E-state index contributed by atoms with van der Waals surface area (Å²) < 4.78 is 10.8. The zero-order valence-corrected chi connectivity index (χ0v) is 18.0. The van der Waals surface area contributed by atoms with Crippen LogP contribution in [0.2, 0.25) is 0 Å². The highest BCUT2D eigenvalue weighted by Gasteiger charge is 2.24. The number of carbonyl (C=O) groups is 3. The highest BCUT2D eigenvalue weighted by Crippen LogP contribution is 2.16. The van der Waals surface area contributed by atoms with Gasteiger partial charge in [-0.2, -0.15) is 0 Å². The second kappa shape index (κ2) is 12.2. The molecule has 0 radical (unpaired) electrons. The van der Waals surface area contributed by atoms with Crippen LogP contribution >= 0.6 is 0 Å². The van der Waals surface area contributed by atoms with Gasteiger partial charge in [-0.15, -0.1) is 0 Å². The van der Waals surface area contributed by atoms with Gasteiger partial charge in [0.05, 0.1) is 0 Å². The molecule has 8 nitrogen and oxygen atoms in total. The predicted octanol–water partition coefficient (Wildman–Crippen LogP) is 2.36. The van der Waals surface area contributed by atoms with Crippen molar-refractivity contribution in [2.75, 3.05) is 25.1 Å². The van der Waals surface area contributed by atoms with Gasteiger partial charge >= 0.3 is 0 Å². The van der Waals surface area contributed by atoms with Crippen molar-refractivity contribution >= 4 is 23.4 Å². The van der Waals surface area contributed by atoms with Crippen LogP contribution in [0.5, 0.6) is 11.5 Å². The summed E-state index contributed by atoms with van der Waals surface area (Å²) in [5, 5.41) is 8.15. The quantitative estimate of drug-likeness (QED) is 0.511. The summed E-state index contributed by atoms with van der Waals surface area (Å²) in [6.07, 6.45) is 0. The fraction of sp³-hybridized carbons (Fsp3) is 0.348. The van der Waals surface area contributed by atoms with Crippen LogP contribution < -0.4 is 25.4 Å². The van der Waals surface area contributed by atoms with Gasteiger partial charge in [0.15, 0.2) is 13.2 Å². The Morgan fingerprint density at radius 2 is 1.42 bits per heavy atom. The molecule has 0 aliphatic carbocycles. The number of anilines is 1. The number of ether oxygens (including phenoxy) is 2. The monoisotopic (exact) mass is 427 g/mol. The maximum atomic E-state index is 12.7.